The number of ether oxygens (including phenoxy) is 2. The minimum Gasteiger partial charge on any atom is -0.371 e. The molecule has 35 heavy (non-hydrogen) atoms. The van der Waals surface area contributed by atoms with Gasteiger partial charge in [0.15, 0.2) is 0 Å². The van der Waals surface area contributed by atoms with Crippen LogP contribution in [0.15, 0.2) is 17.1 Å². The van der Waals surface area contributed by atoms with Crippen LogP contribution in [0, 0.1) is 0 Å². The molecule has 3 heterocycles. The normalized spacial score (nSPS) is 24.4. The van der Waals surface area contributed by atoms with Gasteiger partial charge in [0.25, 0.3) is 5.56 Å². The zero-order chi connectivity index (χ0) is 26.0. The maximum absolute atomic E-state index is 12.1. The Hall–Kier alpha value is -0.750. The highest BCUT2D eigenvalue weighted by Gasteiger charge is 2.44. The number of anilines is 1. The largest absolute Gasteiger partial charge is 0.490 e. The number of nitrogens with two attached hydrogens (primary N) is 1. The summed E-state index contributed by atoms with van der Waals surface area (Å²) in [5.41, 5.74) is 5.45. The number of hydrogen-bond donors (Lipinski definition) is 6. The molecule has 5 atom stereocenters. The van der Waals surface area contributed by atoms with E-state index in [1.807, 2.05) is 6.26 Å². The summed E-state index contributed by atoms with van der Waals surface area (Å²) >= 11 is 0. The number of hydrogen-bond acceptors (Lipinski definition) is 13. The Labute approximate surface area is 204 Å². The minimum absolute atomic E-state index is 0.00279. The number of aromatic amines is 1. The second-order valence-corrected chi connectivity index (χ2v) is 13.7. The van der Waals surface area contributed by atoms with E-state index in [0.29, 0.717) is 0 Å². The lowest BCUT2D eigenvalue weighted by Crippen LogP contribution is -2.34. The van der Waals surface area contributed by atoms with Crippen LogP contribution in [0.5, 0.6) is 0 Å². The molecule has 1 saturated heterocycles. The van der Waals surface area contributed by atoms with E-state index in [9.17, 15) is 28.3 Å². The monoisotopic (exact) mass is 598 g/mol. The SMILES string of the molecule is CSSCO[C@H]1[C@H](n2ccc3c(=O)[nH]c(N)nc32)CO[C@@H]1COP(=O)(O)OP(=O)(O)OP(=O)(O)O. The molecule has 0 aromatic carbocycles. The number of fused-ring (bicyclic) bond motifs is 1. The molecule has 1 aliphatic rings. The van der Waals surface area contributed by atoms with E-state index in [1.54, 1.807) is 10.8 Å². The molecular weight excluding hydrogens is 577 g/mol. The first kappa shape index (κ1) is 28.8. The van der Waals surface area contributed by atoms with E-state index < -0.39 is 53.9 Å². The van der Waals surface area contributed by atoms with Crippen molar-refractivity contribution >= 4 is 62.0 Å². The van der Waals surface area contributed by atoms with E-state index in [4.69, 9.17) is 29.5 Å². The third-order valence-electron chi connectivity index (χ3n) is 4.43. The lowest BCUT2D eigenvalue weighted by molar-refractivity contribution is -0.0225. The van der Waals surface area contributed by atoms with Crippen molar-refractivity contribution in [3.63, 3.8) is 0 Å². The molecule has 7 N–H and O–H groups in total. The molecule has 0 aliphatic carbocycles. The van der Waals surface area contributed by atoms with Crippen LogP contribution >= 0.6 is 45.1 Å². The fourth-order valence-corrected chi connectivity index (χ4v) is 7.01. The maximum Gasteiger partial charge on any atom is 0.490 e. The van der Waals surface area contributed by atoms with Crippen LogP contribution in [0.25, 0.3) is 11.0 Å². The van der Waals surface area contributed by atoms with Gasteiger partial charge in [-0.25, -0.2) is 13.7 Å². The molecule has 1 aliphatic heterocycles. The number of rotatable bonds is 12. The number of nitrogen functional groups attached to an aromatic ring is 1. The Balaban J connectivity index is 1.77. The second-order valence-electron chi connectivity index (χ2n) is 6.77. The first-order valence-corrected chi connectivity index (χ1v) is 16.5. The average molecular weight is 598 g/mol. The third kappa shape index (κ3) is 7.87. The number of nitrogens with zero attached hydrogens (tertiary/aromatic N) is 2. The zero-order valence-corrected chi connectivity index (χ0v) is 21.9. The molecule has 2 aromatic rings. The van der Waals surface area contributed by atoms with Crippen LogP contribution in [0.4, 0.5) is 5.95 Å². The van der Waals surface area contributed by atoms with Gasteiger partial charge in [0.2, 0.25) is 5.95 Å². The van der Waals surface area contributed by atoms with E-state index in [0.717, 1.165) is 0 Å². The summed E-state index contributed by atoms with van der Waals surface area (Å²) in [6.07, 6.45) is 1.56. The highest BCUT2D eigenvalue weighted by molar-refractivity contribution is 8.76. The molecule has 3 rings (SSSR count). The van der Waals surface area contributed by atoms with E-state index in [-0.39, 0.29) is 29.5 Å². The predicted octanol–water partition coefficient (Wildman–Crippen LogP) is 0.944. The van der Waals surface area contributed by atoms with Gasteiger partial charge in [0.1, 0.15) is 23.8 Å². The van der Waals surface area contributed by atoms with Crippen molar-refractivity contribution in [2.45, 2.75) is 18.2 Å². The van der Waals surface area contributed by atoms with Gasteiger partial charge in [-0.15, -0.1) is 0 Å². The van der Waals surface area contributed by atoms with Gasteiger partial charge in [-0.2, -0.15) is 13.6 Å². The van der Waals surface area contributed by atoms with E-state index >= 15 is 0 Å². The Bertz CT molecular complexity index is 1250. The molecule has 0 radical (unpaired) electrons. The number of phosphoric ester groups is 1. The van der Waals surface area contributed by atoms with Gasteiger partial charge in [-0.05, 0) is 12.3 Å². The summed E-state index contributed by atoms with van der Waals surface area (Å²) in [4.78, 5) is 54.9. The number of nitrogens with one attached hydrogen (secondary N) is 1. The summed E-state index contributed by atoms with van der Waals surface area (Å²) in [6.45, 7) is -0.693. The van der Waals surface area contributed by atoms with Gasteiger partial charge < -0.3 is 39.3 Å². The van der Waals surface area contributed by atoms with Crippen LogP contribution in [-0.4, -0.2) is 71.7 Å². The first-order valence-electron chi connectivity index (χ1n) is 9.25. The van der Waals surface area contributed by atoms with Gasteiger partial charge in [0.05, 0.1) is 24.6 Å². The summed E-state index contributed by atoms with van der Waals surface area (Å²) in [5, 5.41) is 0.258. The van der Waals surface area contributed by atoms with Crippen molar-refractivity contribution < 1.29 is 55.9 Å². The number of aromatic nitrogens is 3. The first-order chi connectivity index (χ1) is 16.2. The lowest BCUT2D eigenvalue weighted by atomic mass is 10.1. The van der Waals surface area contributed by atoms with Crippen LogP contribution in [0.3, 0.4) is 0 Å². The zero-order valence-electron chi connectivity index (χ0n) is 17.6. The standard InChI is InChI=1S/C13H21N4O13P3S2/c1-34-35-6-27-10-8(17-3-2-7-11(17)15-13(14)16-12(7)18)4-26-9(10)5-28-32(22,23)30-33(24,25)29-31(19,20)21/h2-3,8-10H,4-6H2,1H3,(H,22,23)(H,24,25)(H2,19,20,21)(H3,14,15,16,18)/t8-,9-,10+/m1/s1. The molecule has 198 valence electrons. The molecule has 0 bridgehead atoms. The Morgan fingerprint density at radius 2 is 1.97 bits per heavy atom. The molecule has 2 unspecified atom stereocenters. The summed E-state index contributed by atoms with van der Waals surface area (Å²) in [5.74, 6) is 0.0632. The molecular formula is C13H21N4O13P3S2. The van der Waals surface area contributed by atoms with Crippen LogP contribution < -0.4 is 11.3 Å². The quantitative estimate of drug-likeness (QED) is 0.0860. The van der Waals surface area contributed by atoms with Crippen molar-refractivity contribution in [3.8, 4) is 0 Å². The molecule has 22 heteroatoms. The Morgan fingerprint density at radius 1 is 1.26 bits per heavy atom. The second kappa shape index (κ2) is 11.3. The molecule has 17 nitrogen and oxygen atoms in total. The average Bonchev–Trinajstić information content (AvgIpc) is 3.27. The number of phosphoric acid groups is 3. The van der Waals surface area contributed by atoms with Crippen molar-refractivity contribution in [2.75, 3.05) is 31.1 Å². The van der Waals surface area contributed by atoms with Crippen LogP contribution in [0.1, 0.15) is 6.04 Å². The fourth-order valence-electron chi connectivity index (χ4n) is 3.21. The Morgan fingerprint density at radius 3 is 2.63 bits per heavy atom. The topological polar surface area (TPSA) is 255 Å². The summed E-state index contributed by atoms with van der Waals surface area (Å²) in [7, 11) is -13.8. The van der Waals surface area contributed by atoms with Crippen LogP contribution in [-0.2, 0) is 36.3 Å². The molecule has 1 fully saturated rings. The predicted molar refractivity (Wildman–Crippen MR) is 124 cm³/mol. The van der Waals surface area contributed by atoms with Gasteiger partial charge >= 0.3 is 23.5 Å². The smallest absolute Gasteiger partial charge is 0.371 e. The molecule has 0 saturated carbocycles. The van der Waals surface area contributed by atoms with Gasteiger partial charge in [0, 0.05) is 6.20 Å². The fraction of sp³-hybridized carbons (Fsp3) is 0.538. The lowest BCUT2D eigenvalue weighted by Gasteiger charge is -2.25. The van der Waals surface area contributed by atoms with Crippen molar-refractivity contribution in [1.29, 1.82) is 0 Å². The minimum atomic E-state index is -5.66. The highest BCUT2D eigenvalue weighted by Crippen LogP contribution is 2.66. The molecule has 0 spiro atoms. The molecule has 0 amide bonds. The van der Waals surface area contributed by atoms with E-state index in [1.165, 1.54) is 27.7 Å². The van der Waals surface area contributed by atoms with Gasteiger partial charge in [-0.3, -0.25) is 14.3 Å². The van der Waals surface area contributed by atoms with Crippen molar-refractivity contribution in [2.24, 2.45) is 0 Å². The molecule has 2 aromatic heterocycles. The summed E-state index contributed by atoms with van der Waals surface area (Å²) < 4.78 is 59.5. The Kier molecular flexibility index (Phi) is 9.33. The summed E-state index contributed by atoms with van der Waals surface area (Å²) in [6, 6.07) is 0.937. The van der Waals surface area contributed by atoms with Crippen molar-refractivity contribution in [3.05, 3.63) is 22.6 Å². The third-order valence-corrected chi connectivity index (χ3v) is 9.69. The highest BCUT2D eigenvalue weighted by atomic mass is 33.1. The van der Waals surface area contributed by atoms with Crippen molar-refractivity contribution in [1.82, 2.24) is 14.5 Å². The van der Waals surface area contributed by atoms with Gasteiger partial charge in [-0.1, -0.05) is 21.6 Å². The van der Waals surface area contributed by atoms with Crippen LogP contribution in [0.2, 0.25) is 0 Å². The maximum atomic E-state index is 12.1. The van der Waals surface area contributed by atoms with E-state index in [2.05, 4.69) is 18.6 Å². The number of H-pyrrole nitrogens is 1.